The van der Waals surface area contributed by atoms with Crippen molar-refractivity contribution in [2.24, 2.45) is 0 Å². The summed E-state index contributed by atoms with van der Waals surface area (Å²) in [7, 11) is -3.50. The Bertz CT molecular complexity index is 1230. The van der Waals surface area contributed by atoms with E-state index in [0.717, 1.165) is 23.1 Å². The van der Waals surface area contributed by atoms with Crippen molar-refractivity contribution in [2.45, 2.75) is 33.3 Å². The van der Waals surface area contributed by atoms with Crippen LogP contribution in [0.5, 0.6) is 11.5 Å². The monoisotopic (exact) mass is 510 g/mol. The first-order chi connectivity index (χ1) is 17.2. The quantitative estimate of drug-likeness (QED) is 0.339. The number of nitrogens with one attached hydrogen (secondary N) is 1. The first kappa shape index (κ1) is 27.1. The number of amides is 1. The molecule has 0 spiro atoms. The normalized spacial score (nSPS) is 11.1. The van der Waals surface area contributed by atoms with Gasteiger partial charge >= 0.3 is 0 Å². The smallest absolute Gasteiger partial charge is 0.232 e. The van der Waals surface area contributed by atoms with Crippen molar-refractivity contribution < 1.29 is 22.7 Å². The van der Waals surface area contributed by atoms with Gasteiger partial charge in [0.15, 0.2) is 0 Å². The molecule has 0 aliphatic heterocycles. The van der Waals surface area contributed by atoms with Crippen LogP contribution in [-0.4, -0.2) is 40.3 Å². The van der Waals surface area contributed by atoms with E-state index in [4.69, 9.17) is 9.47 Å². The van der Waals surface area contributed by atoms with Gasteiger partial charge in [0.1, 0.15) is 24.7 Å². The number of anilines is 1. The Hall–Kier alpha value is -3.52. The van der Waals surface area contributed by atoms with E-state index >= 15 is 0 Å². The first-order valence-corrected chi connectivity index (χ1v) is 13.8. The third kappa shape index (κ3) is 8.61. The maximum absolute atomic E-state index is 12.4. The number of ether oxygens (including phenoxy) is 2. The van der Waals surface area contributed by atoms with Crippen molar-refractivity contribution in [2.75, 3.05) is 30.3 Å². The molecule has 0 atom stereocenters. The van der Waals surface area contributed by atoms with Crippen molar-refractivity contribution in [3.63, 3.8) is 0 Å². The molecule has 0 saturated carbocycles. The van der Waals surface area contributed by atoms with Crippen molar-refractivity contribution in [1.29, 1.82) is 0 Å². The molecule has 192 valence electrons. The summed E-state index contributed by atoms with van der Waals surface area (Å²) >= 11 is 0. The number of carbonyl (C=O) groups excluding carboxylic acids is 1. The molecular weight excluding hydrogens is 476 g/mol. The second kappa shape index (κ2) is 13.0. The van der Waals surface area contributed by atoms with Crippen molar-refractivity contribution in [1.82, 2.24) is 5.32 Å². The summed E-state index contributed by atoms with van der Waals surface area (Å²) < 4.78 is 37.5. The van der Waals surface area contributed by atoms with Crippen LogP contribution in [0.3, 0.4) is 0 Å². The molecule has 0 bridgehead atoms. The molecule has 7 nitrogen and oxygen atoms in total. The Labute approximate surface area is 214 Å². The minimum absolute atomic E-state index is 0.142. The summed E-state index contributed by atoms with van der Waals surface area (Å²) in [5.74, 6) is 1.28. The van der Waals surface area contributed by atoms with Crippen LogP contribution in [0.25, 0.3) is 0 Å². The summed E-state index contributed by atoms with van der Waals surface area (Å²) in [6.45, 7) is 5.45. The fraction of sp³-hybridized carbons (Fsp3) is 0.321. The molecule has 0 aliphatic carbocycles. The van der Waals surface area contributed by atoms with Crippen LogP contribution in [0, 0.1) is 13.8 Å². The number of sulfonamides is 1. The number of hydrogen-bond acceptors (Lipinski definition) is 5. The minimum atomic E-state index is -3.50. The highest BCUT2D eigenvalue weighted by molar-refractivity contribution is 7.92. The van der Waals surface area contributed by atoms with Gasteiger partial charge in [-0.2, -0.15) is 0 Å². The molecule has 3 aromatic carbocycles. The van der Waals surface area contributed by atoms with Crippen molar-refractivity contribution in [3.8, 4) is 11.5 Å². The highest BCUT2D eigenvalue weighted by Crippen LogP contribution is 2.23. The average molecular weight is 511 g/mol. The van der Waals surface area contributed by atoms with E-state index in [9.17, 15) is 13.2 Å². The summed E-state index contributed by atoms with van der Waals surface area (Å²) in [5, 5.41) is 2.82. The third-order valence-corrected chi connectivity index (χ3v) is 6.90. The van der Waals surface area contributed by atoms with E-state index in [0.29, 0.717) is 37.6 Å². The summed E-state index contributed by atoms with van der Waals surface area (Å²) in [5.41, 5.74) is 3.94. The van der Waals surface area contributed by atoms with E-state index in [1.165, 1.54) is 9.87 Å². The van der Waals surface area contributed by atoms with Gasteiger partial charge in [0.05, 0.1) is 18.5 Å². The first-order valence-electron chi connectivity index (χ1n) is 11.9. The Morgan fingerprint density at radius 1 is 0.889 bits per heavy atom. The lowest BCUT2D eigenvalue weighted by molar-refractivity contribution is -0.121. The molecule has 36 heavy (non-hydrogen) atoms. The number of hydrogen-bond donors (Lipinski definition) is 1. The van der Waals surface area contributed by atoms with Crippen LogP contribution < -0.4 is 19.1 Å². The molecule has 1 amide bonds. The summed E-state index contributed by atoms with van der Waals surface area (Å²) in [4.78, 5) is 12.2. The predicted octanol–water partition coefficient (Wildman–Crippen LogP) is 4.62. The molecule has 3 rings (SSSR count). The van der Waals surface area contributed by atoms with E-state index in [1.807, 2.05) is 62.4 Å². The van der Waals surface area contributed by atoms with Crippen LogP contribution in [0.15, 0.2) is 72.8 Å². The van der Waals surface area contributed by atoms with Crippen LogP contribution in [0.4, 0.5) is 5.69 Å². The SMILES string of the molecule is Cc1ccc(OCCNC(=O)CCCN(c2ccc(OCc3ccccc3)cc2)S(C)(=O)=O)cc1C. The summed E-state index contributed by atoms with van der Waals surface area (Å²) in [6.07, 6.45) is 1.77. The van der Waals surface area contributed by atoms with Gasteiger partial charge in [-0.05, 0) is 73.4 Å². The van der Waals surface area contributed by atoms with Crippen LogP contribution in [0.1, 0.15) is 29.5 Å². The van der Waals surface area contributed by atoms with E-state index < -0.39 is 10.0 Å². The molecule has 0 unspecified atom stereocenters. The Morgan fingerprint density at radius 3 is 2.25 bits per heavy atom. The number of aryl methyl sites for hydroxylation is 2. The van der Waals surface area contributed by atoms with Gasteiger partial charge in [0.2, 0.25) is 15.9 Å². The molecule has 0 saturated heterocycles. The van der Waals surface area contributed by atoms with E-state index in [2.05, 4.69) is 5.32 Å². The maximum Gasteiger partial charge on any atom is 0.232 e. The molecule has 1 N–H and O–H groups in total. The zero-order chi connectivity index (χ0) is 26.0. The molecule has 0 aromatic heterocycles. The van der Waals surface area contributed by atoms with Crippen LogP contribution in [0.2, 0.25) is 0 Å². The molecule has 3 aromatic rings. The van der Waals surface area contributed by atoms with Crippen LogP contribution >= 0.6 is 0 Å². The van der Waals surface area contributed by atoms with Crippen LogP contribution in [-0.2, 0) is 21.4 Å². The lowest BCUT2D eigenvalue weighted by Gasteiger charge is -2.22. The van der Waals surface area contributed by atoms with Crippen molar-refractivity contribution in [3.05, 3.63) is 89.5 Å². The van der Waals surface area contributed by atoms with Gasteiger partial charge < -0.3 is 14.8 Å². The lowest BCUT2D eigenvalue weighted by atomic mass is 10.1. The summed E-state index contributed by atoms with van der Waals surface area (Å²) in [6, 6.07) is 22.6. The third-order valence-electron chi connectivity index (χ3n) is 5.71. The van der Waals surface area contributed by atoms with Gasteiger partial charge in [-0.25, -0.2) is 8.42 Å². The molecule has 8 heteroatoms. The molecule has 0 heterocycles. The zero-order valence-corrected chi connectivity index (χ0v) is 21.9. The average Bonchev–Trinajstić information content (AvgIpc) is 2.86. The van der Waals surface area contributed by atoms with Gasteiger partial charge in [0, 0.05) is 13.0 Å². The van der Waals surface area contributed by atoms with Gasteiger partial charge in [-0.15, -0.1) is 0 Å². The molecule has 0 fully saturated rings. The maximum atomic E-state index is 12.4. The Kier molecular flexibility index (Phi) is 9.76. The van der Waals surface area contributed by atoms with Crippen molar-refractivity contribution >= 4 is 21.6 Å². The van der Waals surface area contributed by atoms with Gasteiger partial charge in [0.25, 0.3) is 0 Å². The largest absolute Gasteiger partial charge is 0.492 e. The molecular formula is C28H34N2O5S. The fourth-order valence-corrected chi connectivity index (χ4v) is 4.54. The predicted molar refractivity (Wildman–Crippen MR) is 143 cm³/mol. The standard InChI is InChI=1S/C28H34N2O5S/c1-22-11-14-27(20-23(22)2)34-19-17-29-28(31)10-7-18-30(36(3,32)33)25-12-15-26(16-13-25)35-21-24-8-5-4-6-9-24/h4-6,8-9,11-16,20H,7,10,17-19,21H2,1-3H3,(H,29,31). The highest BCUT2D eigenvalue weighted by atomic mass is 32.2. The van der Waals surface area contributed by atoms with Gasteiger partial charge in [-0.3, -0.25) is 9.10 Å². The second-order valence-electron chi connectivity index (χ2n) is 8.65. The van der Waals surface area contributed by atoms with E-state index in [-0.39, 0.29) is 18.9 Å². The number of carbonyl (C=O) groups is 1. The zero-order valence-electron chi connectivity index (χ0n) is 21.1. The Morgan fingerprint density at radius 2 is 1.58 bits per heavy atom. The van der Waals surface area contributed by atoms with E-state index in [1.54, 1.807) is 24.3 Å². The number of benzene rings is 3. The number of rotatable bonds is 13. The topological polar surface area (TPSA) is 84.9 Å². The Balaban J connectivity index is 1.43. The second-order valence-corrected chi connectivity index (χ2v) is 10.6. The number of nitrogens with zero attached hydrogens (tertiary/aromatic N) is 1. The molecule has 0 aliphatic rings. The molecule has 0 radical (unpaired) electrons. The lowest BCUT2D eigenvalue weighted by Crippen LogP contribution is -2.32. The minimum Gasteiger partial charge on any atom is -0.492 e. The van der Waals surface area contributed by atoms with Gasteiger partial charge in [-0.1, -0.05) is 36.4 Å². The fourth-order valence-electron chi connectivity index (χ4n) is 3.57. The highest BCUT2D eigenvalue weighted by Gasteiger charge is 2.17.